The van der Waals surface area contributed by atoms with Crippen LogP contribution in [0.25, 0.3) is 0 Å². The molecule has 2 bridgehead atoms. The van der Waals surface area contributed by atoms with Crippen molar-refractivity contribution in [3.63, 3.8) is 0 Å². The smallest absolute Gasteiger partial charge is 0.251 e. The molecular weight excluding hydrogens is 264 g/mol. The molecule has 110 valence electrons. The van der Waals surface area contributed by atoms with Crippen molar-refractivity contribution < 1.29 is 9.63 Å². The minimum absolute atomic E-state index is 0.00329. The maximum Gasteiger partial charge on any atom is 0.251 e. The summed E-state index contributed by atoms with van der Waals surface area (Å²) >= 11 is 0. The topological polar surface area (TPSA) is 32.8 Å². The second-order valence-corrected chi connectivity index (χ2v) is 5.44. The van der Waals surface area contributed by atoms with E-state index in [1.54, 1.807) is 0 Å². The van der Waals surface area contributed by atoms with Gasteiger partial charge in [0.25, 0.3) is 5.91 Å². The molecule has 2 heterocycles. The first-order valence-electron chi connectivity index (χ1n) is 7.30. The molecule has 1 saturated heterocycles. The Morgan fingerprint density at radius 3 is 2.90 bits per heavy atom. The monoisotopic (exact) mass is 284 g/mol. The molecule has 21 heavy (non-hydrogen) atoms. The highest BCUT2D eigenvalue weighted by Crippen LogP contribution is 2.25. The zero-order valence-electron chi connectivity index (χ0n) is 12.0. The first kappa shape index (κ1) is 14.0. The molecule has 0 aromatic heterocycles. The normalized spacial score (nSPS) is 27.4. The molecule has 4 nitrogen and oxygen atoms in total. The molecule has 3 atom stereocenters. The van der Waals surface area contributed by atoms with Crippen LogP contribution in [0.2, 0.25) is 0 Å². The summed E-state index contributed by atoms with van der Waals surface area (Å²) in [6.07, 6.45) is 7.24. The summed E-state index contributed by atoms with van der Waals surface area (Å²) in [6.45, 7) is 5.18. The van der Waals surface area contributed by atoms with E-state index < -0.39 is 0 Å². The molecule has 4 heteroatoms. The van der Waals surface area contributed by atoms with Gasteiger partial charge in [-0.05, 0) is 12.0 Å². The van der Waals surface area contributed by atoms with Gasteiger partial charge in [-0.25, -0.2) is 5.06 Å². The van der Waals surface area contributed by atoms with Gasteiger partial charge in [0.2, 0.25) is 0 Å². The third-order valence-corrected chi connectivity index (χ3v) is 3.96. The fourth-order valence-electron chi connectivity index (χ4n) is 2.87. The van der Waals surface area contributed by atoms with E-state index in [4.69, 9.17) is 4.84 Å². The van der Waals surface area contributed by atoms with E-state index >= 15 is 0 Å². The molecule has 1 fully saturated rings. The lowest BCUT2D eigenvalue weighted by Crippen LogP contribution is -2.59. The Morgan fingerprint density at radius 1 is 1.38 bits per heavy atom. The van der Waals surface area contributed by atoms with E-state index in [1.807, 2.05) is 42.5 Å². The second kappa shape index (κ2) is 6.24. The number of hydroxylamine groups is 2. The van der Waals surface area contributed by atoms with Crippen molar-refractivity contribution in [2.75, 3.05) is 13.2 Å². The summed E-state index contributed by atoms with van der Waals surface area (Å²) in [6, 6.07) is 10.0. The first-order valence-corrected chi connectivity index (χ1v) is 7.30. The lowest BCUT2D eigenvalue weighted by atomic mass is 10.0. The summed E-state index contributed by atoms with van der Waals surface area (Å²) in [7, 11) is 0. The Morgan fingerprint density at radius 2 is 2.19 bits per heavy atom. The first-order chi connectivity index (χ1) is 10.3. The number of fused-ring (bicyclic) bond motifs is 2. The minimum atomic E-state index is -0.0646. The van der Waals surface area contributed by atoms with Crippen LogP contribution < -0.4 is 0 Å². The molecule has 2 aliphatic heterocycles. The van der Waals surface area contributed by atoms with Crippen LogP contribution in [0.3, 0.4) is 0 Å². The number of amides is 1. The highest BCUT2D eigenvalue weighted by molar-refractivity contribution is 5.77. The molecule has 3 rings (SSSR count). The molecule has 1 aromatic carbocycles. The van der Waals surface area contributed by atoms with Gasteiger partial charge in [0.15, 0.2) is 0 Å². The Balaban J connectivity index is 1.67. The van der Waals surface area contributed by atoms with Crippen molar-refractivity contribution in [2.24, 2.45) is 0 Å². The van der Waals surface area contributed by atoms with Gasteiger partial charge in [-0.1, -0.05) is 48.6 Å². The van der Waals surface area contributed by atoms with Gasteiger partial charge in [0.05, 0.1) is 6.42 Å². The lowest BCUT2D eigenvalue weighted by Gasteiger charge is -2.46. The second-order valence-electron chi connectivity index (χ2n) is 5.44. The van der Waals surface area contributed by atoms with E-state index in [2.05, 4.69) is 17.6 Å². The summed E-state index contributed by atoms with van der Waals surface area (Å²) in [5.41, 5.74) is 1.01. The van der Waals surface area contributed by atoms with E-state index in [0.717, 1.165) is 18.5 Å². The van der Waals surface area contributed by atoms with Gasteiger partial charge in [0.1, 0.15) is 12.8 Å². The number of hydrogen-bond donors (Lipinski definition) is 0. The predicted molar refractivity (Wildman–Crippen MR) is 81.2 cm³/mol. The number of carbonyl (C=O) groups is 1. The van der Waals surface area contributed by atoms with Crippen molar-refractivity contribution in [1.29, 1.82) is 0 Å². The maximum atomic E-state index is 12.4. The average Bonchev–Trinajstić information content (AvgIpc) is 2.48. The van der Waals surface area contributed by atoms with Gasteiger partial charge in [-0.2, -0.15) is 0 Å². The Bertz CT molecular complexity index is 541. The zero-order valence-corrected chi connectivity index (χ0v) is 12.0. The number of nitrogens with zero attached hydrogens (tertiary/aromatic N) is 2. The van der Waals surface area contributed by atoms with Crippen molar-refractivity contribution >= 4 is 5.91 Å². The molecule has 0 saturated carbocycles. The van der Waals surface area contributed by atoms with Gasteiger partial charge in [-0.3, -0.25) is 14.5 Å². The maximum absolute atomic E-state index is 12.4. The molecular formula is C17H20N2O2. The predicted octanol–water partition coefficient (Wildman–Crippen LogP) is 2.15. The summed E-state index contributed by atoms with van der Waals surface area (Å²) < 4.78 is 0. The summed E-state index contributed by atoms with van der Waals surface area (Å²) in [5, 5.41) is 1.50. The van der Waals surface area contributed by atoms with E-state index in [-0.39, 0.29) is 18.1 Å². The standard InChI is InChI=1S/C17H20N2O2/c1-2-7-15-16-10-6-11-18(15)13-19(21-16)17(20)12-14-8-4-3-5-9-14/h2-6,8-10,15-16H,1,7,11-13H2. The molecule has 0 radical (unpaired) electrons. The van der Waals surface area contributed by atoms with Crippen LogP contribution in [0.5, 0.6) is 0 Å². The van der Waals surface area contributed by atoms with Gasteiger partial charge >= 0.3 is 0 Å². The SMILES string of the molecule is C=CCC1C2C=CCN1CN(C(=O)Cc1ccccc1)O2. The van der Waals surface area contributed by atoms with Crippen LogP contribution in [0.4, 0.5) is 0 Å². The quantitative estimate of drug-likeness (QED) is 0.794. The highest BCUT2D eigenvalue weighted by Gasteiger charge is 2.37. The van der Waals surface area contributed by atoms with Crippen molar-refractivity contribution in [1.82, 2.24) is 9.96 Å². The zero-order chi connectivity index (χ0) is 14.7. The highest BCUT2D eigenvalue weighted by atomic mass is 16.7. The number of rotatable bonds is 4. The van der Waals surface area contributed by atoms with Crippen LogP contribution in [0.15, 0.2) is 55.1 Å². The van der Waals surface area contributed by atoms with Crippen LogP contribution in [0.1, 0.15) is 12.0 Å². The van der Waals surface area contributed by atoms with Crippen molar-refractivity contribution in [3.8, 4) is 0 Å². The fraction of sp³-hybridized carbons (Fsp3) is 0.353. The van der Waals surface area contributed by atoms with Crippen LogP contribution in [-0.4, -0.2) is 41.2 Å². The van der Waals surface area contributed by atoms with Crippen LogP contribution in [0, 0.1) is 0 Å². The van der Waals surface area contributed by atoms with Crippen molar-refractivity contribution in [3.05, 3.63) is 60.7 Å². The number of carbonyl (C=O) groups excluding carboxylic acids is 1. The number of hydrogen-bond acceptors (Lipinski definition) is 3. The summed E-state index contributed by atoms with van der Waals surface area (Å²) in [4.78, 5) is 20.5. The van der Waals surface area contributed by atoms with Gasteiger partial charge < -0.3 is 0 Å². The fourth-order valence-corrected chi connectivity index (χ4v) is 2.87. The lowest BCUT2D eigenvalue weighted by molar-refractivity contribution is -0.252. The minimum Gasteiger partial charge on any atom is -0.274 e. The average molecular weight is 284 g/mol. The Labute approximate surface area is 125 Å². The Hall–Kier alpha value is -1.91. The van der Waals surface area contributed by atoms with Gasteiger partial charge in [-0.15, -0.1) is 6.58 Å². The molecule has 0 spiro atoms. The molecule has 2 aliphatic rings. The van der Waals surface area contributed by atoms with Crippen LogP contribution >= 0.6 is 0 Å². The Kier molecular flexibility index (Phi) is 4.18. The third kappa shape index (κ3) is 3.06. The largest absolute Gasteiger partial charge is 0.274 e. The van der Waals surface area contributed by atoms with Gasteiger partial charge in [0, 0.05) is 12.6 Å². The molecule has 0 N–H and O–H groups in total. The molecule has 3 unspecified atom stereocenters. The molecule has 0 aliphatic carbocycles. The molecule has 1 amide bonds. The third-order valence-electron chi connectivity index (χ3n) is 3.96. The van der Waals surface area contributed by atoms with E-state index in [1.165, 1.54) is 5.06 Å². The van der Waals surface area contributed by atoms with E-state index in [9.17, 15) is 4.79 Å². The summed E-state index contributed by atoms with van der Waals surface area (Å²) in [5.74, 6) is 0.00329. The van der Waals surface area contributed by atoms with Crippen molar-refractivity contribution in [2.45, 2.75) is 25.0 Å². The molecule has 1 aromatic rings. The van der Waals surface area contributed by atoms with E-state index in [0.29, 0.717) is 13.1 Å². The number of benzene rings is 1. The van der Waals surface area contributed by atoms with Crippen LogP contribution in [-0.2, 0) is 16.1 Å².